The zero-order valence-electron chi connectivity index (χ0n) is 15.8. The number of piperidine rings is 1. The third kappa shape index (κ3) is 4.61. The van der Waals surface area contributed by atoms with Gasteiger partial charge in [-0.2, -0.15) is 9.27 Å². The summed E-state index contributed by atoms with van der Waals surface area (Å²) in [4.78, 5) is 31.6. The number of carbonyl (C=O) groups is 2. The van der Waals surface area contributed by atoms with Crippen LogP contribution in [0.15, 0.2) is 24.5 Å². The molecule has 2 bridgehead atoms. The summed E-state index contributed by atoms with van der Waals surface area (Å²) in [6.45, 7) is 2.46. The molecule has 3 N–H and O–H groups in total. The van der Waals surface area contributed by atoms with Crippen LogP contribution in [0.1, 0.15) is 19.3 Å². The van der Waals surface area contributed by atoms with Crippen molar-refractivity contribution in [2.45, 2.75) is 43.9 Å². The van der Waals surface area contributed by atoms with Crippen LogP contribution in [0.4, 0.5) is 4.79 Å². The van der Waals surface area contributed by atoms with Crippen molar-refractivity contribution in [3.05, 3.63) is 24.5 Å². The molecule has 29 heavy (non-hydrogen) atoms. The van der Waals surface area contributed by atoms with Crippen LogP contribution >= 0.6 is 0 Å². The first kappa shape index (κ1) is 20.3. The van der Waals surface area contributed by atoms with Crippen LogP contribution in [0.5, 0.6) is 0 Å². The summed E-state index contributed by atoms with van der Waals surface area (Å²) in [6.07, 6.45) is 5.98. The fraction of sp³-hybridized carbons (Fsp3) is 0.647. The maximum Gasteiger partial charge on any atom is 0.346 e. The van der Waals surface area contributed by atoms with Gasteiger partial charge in [0.15, 0.2) is 0 Å². The molecule has 4 rings (SSSR count). The monoisotopic (exact) mass is 427 g/mol. The predicted octanol–water partition coefficient (Wildman–Crippen LogP) is -0.149. The van der Waals surface area contributed by atoms with Gasteiger partial charge in [-0.05, 0) is 37.3 Å². The highest BCUT2D eigenvalue weighted by atomic mass is 32.2. The molecule has 12 heteroatoms. The molecule has 11 nitrogen and oxygen atoms in total. The SMILES string of the molecule is O=C(NOC[C@H]1C[C@@H](Cn2cccc2)CN1)C1CCC2CN1C(=O)N2OS(=O)O. The first-order valence-electron chi connectivity index (χ1n) is 9.66. The highest BCUT2D eigenvalue weighted by molar-refractivity contribution is 7.74. The van der Waals surface area contributed by atoms with Gasteiger partial charge >= 0.3 is 17.4 Å². The van der Waals surface area contributed by atoms with Crippen molar-refractivity contribution in [2.75, 3.05) is 19.7 Å². The van der Waals surface area contributed by atoms with Gasteiger partial charge in [-0.3, -0.25) is 14.2 Å². The lowest BCUT2D eigenvalue weighted by Crippen LogP contribution is -2.50. The number of urea groups is 1. The Bertz CT molecular complexity index is 762. The highest BCUT2D eigenvalue weighted by Gasteiger charge is 2.48. The smallest absolute Gasteiger partial charge is 0.346 e. The molecule has 0 saturated carbocycles. The molecule has 0 aliphatic carbocycles. The van der Waals surface area contributed by atoms with Gasteiger partial charge in [-0.25, -0.2) is 10.3 Å². The minimum atomic E-state index is -2.58. The number of nitrogens with one attached hydrogen (secondary N) is 2. The second-order valence-corrected chi connectivity index (χ2v) is 8.25. The van der Waals surface area contributed by atoms with Crippen molar-refractivity contribution in [3.8, 4) is 0 Å². The van der Waals surface area contributed by atoms with Crippen molar-refractivity contribution >= 4 is 23.3 Å². The number of carbonyl (C=O) groups excluding carboxylic acids is 2. The molecule has 3 aliphatic heterocycles. The molecule has 3 fully saturated rings. The Morgan fingerprint density at radius 1 is 1.34 bits per heavy atom. The number of hydrogen-bond acceptors (Lipinski definition) is 6. The summed E-state index contributed by atoms with van der Waals surface area (Å²) in [7, 11) is 0. The minimum absolute atomic E-state index is 0.156. The van der Waals surface area contributed by atoms with E-state index in [2.05, 4.69) is 19.6 Å². The van der Waals surface area contributed by atoms with Crippen molar-refractivity contribution in [3.63, 3.8) is 0 Å². The standard InChI is InChI=1S/C17H25N5O6S/c23-16(15-4-3-14-10-21(15)17(24)22(14)28-29(25)26)19-27-11-13-7-12(8-18-13)9-20-5-1-2-6-20/h1-2,5-6,12-15,18H,3-4,7-11H2,(H,19,23)(H,25,26)/t12-,13-,14?,15?/m1/s1. The summed E-state index contributed by atoms with van der Waals surface area (Å²) >= 11 is -2.58. The van der Waals surface area contributed by atoms with E-state index in [1.165, 1.54) is 4.90 Å². The van der Waals surface area contributed by atoms with Crippen LogP contribution in [0.3, 0.4) is 0 Å². The van der Waals surface area contributed by atoms with E-state index < -0.39 is 29.3 Å². The average Bonchev–Trinajstić information content (AvgIpc) is 3.41. The molecule has 5 atom stereocenters. The van der Waals surface area contributed by atoms with Crippen LogP contribution in [-0.4, -0.2) is 73.1 Å². The lowest BCUT2D eigenvalue weighted by Gasteiger charge is -2.29. The zero-order valence-corrected chi connectivity index (χ0v) is 16.6. The molecule has 4 heterocycles. The molecule has 3 aliphatic rings. The number of nitrogens with zero attached hydrogens (tertiary/aromatic N) is 3. The molecule has 0 aromatic carbocycles. The van der Waals surface area contributed by atoms with Gasteiger partial charge in [0.2, 0.25) is 0 Å². The fourth-order valence-corrected chi connectivity index (χ4v) is 4.63. The zero-order chi connectivity index (χ0) is 20.4. The van der Waals surface area contributed by atoms with E-state index in [9.17, 15) is 13.8 Å². The van der Waals surface area contributed by atoms with Crippen molar-refractivity contribution in [2.24, 2.45) is 5.92 Å². The molecule has 160 valence electrons. The topological polar surface area (TPSA) is 125 Å². The Hall–Kier alpha value is -1.99. The second-order valence-electron chi connectivity index (χ2n) is 7.66. The summed E-state index contributed by atoms with van der Waals surface area (Å²) < 4.78 is 26.5. The van der Waals surface area contributed by atoms with Crippen LogP contribution in [0, 0.1) is 5.92 Å². The van der Waals surface area contributed by atoms with Gasteiger partial charge in [0.1, 0.15) is 6.04 Å². The minimum Gasteiger partial charge on any atom is -0.354 e. The van der Waals surface area contributed by atoms with Crippen LogP contribution in [0.25, 0.3) is 0 Å². The predicted molar refractivity (Wildman–Crippen MR) is 101 cm³/mol. The van der Waals surface area contributed by atoms with E-state index in [0.717, 1.165) is 24.6 Å². The first-order chi connectivity index (χ1) is 14.0. The summed E-state index contributed by atoms with van der Waals surface area (Å²) in [5.74, 6) is 0.109. The number of aromatic nitrogens is 1. The Morgan fingerprint density at radius 3 is 2.90 bits per heavy atom. The average molecular weight is 427 g/mol. The van der Waals surface area contributed by atoms with Gasteiger partial charge in [-0.15, -0.1) is 4.28 Å². The molecular formula is C17H25N5O6S. The van der Waals surface area contributed by atoms with Gasteiger partial charge in [-0.1, -0.05) is 0 Å². The number of amides is 3. The molecular weight excluding hydrogens is 402 g/mol. The van der Waals surface area contributed by atoms with Gasteiger partial charge < -0.3 is 14.8 Å². The Balaban J connectivity index is 1.20. The fourth-order valence-electron chi connectivity index (χ4n) is 4.31. The molecule has 1 aromatic heterocycles. The Kier molecular flexibility index (Phi) is 6.15. The Morgan fingerprint density at radius 2 is 2.14 bits per heavy atom. The molecule has 3 saturated heterocycles. The maximum atomic E-state index is 12.5. The lowest BCUT2D eigenvalue weighted by atomic mass is 10.0. The second kappa shape index (κ2) is 8.79. The third-order valence-electron chi connectivity index (χ3n) is 5.68. The van der Waals surface area contributed by atoms with Crippen LogP contribution in [0.2, 0.25) is 0 Å². The first-order valence-corrected chi connectivity index (χ1v) is 10.7. The number of hydrogen-bond donors (Lipinski definition) is 3. The van der Waals surface area contributed by atoms with Crippen molar-refractivity contribution in [1.82, 2.24) is 25.3 Å². The van der Waals surface area contributed by atoms with E-state index in [-0.39, 0.29) is 18.6 Å². The molecule has 0 spiro atoms. The quantitative estimate of drug-likeness (QED) is 0.389. The largest absolute Gasteiger partial charge is 0.354 e. The van der Waals surface area contributed by atoms with Crippen molar-refractivity contribution < 1.29 is 27.5 Å². The van der Waals surface area contributed by atoms with Crippen molar-refractivity contribution in [1.29, 1.82) is 0 Å². The van der Waals surface area contributed by atoms with Crippen LogP contribution in [-0.2, 0) is 31.8 Å². The number of rotatable bonds is 8. The molecule has 1 aromatic rings. The maximum absolute atomic E-state index is 12.5. The van der Waals surface area contributed by atoms with Gasteiger partial charge in [0.25, 0.3) is 5.91 Å². The molecule has 3 amide bonds. The van der Waals surface area contributed by atoms with E-state index in [4.69, 9.17) is 9.39 Å². The lowest BCUT2D eigenvalue weighted by molar-refractivity contribution is -0.139. The number of fused-ring (bicyclic) bond motifs is 2. The van der Waals surface area contributed by atoms with Gasteiger partial charge in [0.05, 0.1) is 12.6 Å². The van der Waals surface area contributed by atoms with E-state index in [0.29, 0.717) is 25.4 Å². The normalized spacial score (nSPS) is 30.0. The van der Waals surface area contributed by atoms with Gasteiger partial charge in [0, 0.05) is 38.1 Å². The van der Waals surface area contributed by atoms with Crippen LogP contribution < -0.4 is 10.8 Å². The third-order valence-corrected chi connectivity index (χ3v) is 5.96. The summed E-state index contributed by atoms with van der Waals surface area (Å²) in [5.41, 5.74) is 2.45. The van der Waals surface area contributed by atoms with E-state index in [1.54, 1.807) is 0 Å². The molecule has 0 radical (unpaired) electrons. The number of hydroxylamine groups is 3. The van der Waals surface area contributed by atoms with E-state index >= 15 is 0 Å². The Labute approximate surface area is 170 Å². The summed E-state index contributed by atoms with van der Waals surface area (Å²) in [6, 6.07) is 2.57. The highest BCUT2D eigenvalue weighted by Crippen LogP contribution is 2.30. The summed E-state index contributed by atoms with van der Waals surface area (Å²) in [5, 5.41) is 4.29. The molecule has 3 unspecified atom stereocenters. The van der Waals surface area contributed by atoms with E-state index in [1.807, 2.05) is 24.5 Å².